The predicted molar refractivity (Wildman–Crippen MR) is 43.2 cm³/mol. The Morgan fingerprint density at radius 1 is 1.43 bits per heavy atom. The molecule has 0 aliphatic heterocycles. The average Bonchev–Trinajstić information content (AvgIpc) is 2.01. The van der Waals surface area contributed by atoms with Crippen molar-refractivity contribution in [3.63, 3.8) is 0 Å². The number of ether oxygens (including phenoxy) is 1. The van der Waals surface area contributed by atoms with Crippen LogP contribution in [0.5, 0.6) is 5.88 Å². The minimum atomic E-state index is -4.76. The molecule has 1 aromatic rings. The summed E-state index contributed by atoms with van der Waals surface area (Å²) in [7, 11) is 0. The van der Waals surface area contributed by atoms with E-state index in [0.717, 1.165) is 12.3 Å². The van der Waals surface area contributed by atoms with Crippen molar-refractivity contribution in [1.29, 1.82) is 0 Å². The third-order valence-electron chi connectivity index (χ3n) is 1.44. The number of aromatic nitrogens is 1. The molecule has 0 amide bonds. The van der Waals surface area contributed by atoms with Gasteiger partial charge in [0.15, 0.2) is 0 Å². The molecule has 1 heterocycles. The van der Waals surface area contributed by atoms with Gasteiger partial charge >= 0.3 is 6.36 Å². The largest absolute Gasteiger partial charge is 0.574 e. The van der Waals surface area contributed by atoms with E-state index in [2.05, 4.69) is 9.72 Å². The Kier molecular flexibility index (Phi) is 2.80. The van der Waals surface area contributed by atoms with E-state index in [9.17, 15) is 13.2 Å². The van der Waals surface area contributed by atoms with Crippen LogP contribution < -0.4 is 16.2 Å². The molecule has 0 aromatic carbocycles. The number of hydrogen-bond acceptors (Lipinski definition) is 4. The van der Waals surface area contributed by atoms with E-state index in [1.807, 2.05) is 0 Å². The van der Waals surface area contributed by atoms with Gasteiger partial charge in [-0.3, -0.25) is 0 Å². The van der Waals surface area contributed by atoms with Crippen LogP contribution in [0.3, 0.4) is 0 Å². The summed E-state index contributed by atoms with van der Waals surface area (Å²) in [5.74, 6) is -0.591. The van der Waals surface area contributed by atoms with Crippen molar-refractivity contribution in [2.45, 2.75) is 12.9 Å². The minimum absolute atomic E-state index is 0.116. The number of pyridine rings is 1. The van der Waals surface area contributed by atoms with Gasteiger partial charge in [0.2, 0.25) is 5.88 Å². The quantitative estimate of drug-likeness (QED) is 0.759. The van der Waals surface area contributed by atoms with Crippen LogP contribution >= 0.6 is 0 Å². The standard InChI is InChI=1S/C7H8F3N3O/c8-7(9,10)14-6-1-5(12)4(2-11)3-13-6/h1,3H,2,11H2,(H2,12,13). The van der Waals surface area contributed by atoms with E-state index in [1.54, 1.807) is 0 Å². The zero-order valence-electron chi connectivity index (χ0n) is 7.01. The summed E-state index contributed by atoms with van der Waals surface area (Å²) in [6.07, 6.45) is -3.61. The fourth-order valence-electron chi connectivity index (χ4n) is 0.824. The molecule has 4 nitrogen and oxygen atoms in total. The Balaban J connectivity index is 2.87. The molecule has 0 saturated carbocycles. The maximum absolute atomic E-state index is 11.7. The van der Waals surface area contributed by atoms with Gasteiger partial charge in [0, 0.05) is 30.1 Å². The molecule has 7 heteroatoms. The molecule has 78 valence electrons. The second-order valence-corrected chi connectivity index (χ2v) is 2.47. The molecule has 0 radical (unpaired) electrons. The number of nitrogens with zero attached hydrogens (tertiary/aromatic N) is 1. The normalized spacial score (nSPS) is 11.4. The van der Waals surface area contributed by atoms with Gasteiger partial charge in [0.05, 0.1) is 0 Å². The minimum Gasteiger partial charge on any atom is -0.398 e. The maximum Gasteiger partial charge on any atom is 0.574 e. The van der Waals surface area contributed by atoms with Gasteiger partial charge < -0.3 is 16.2 Å². The van der Waals surface area contributed by atoms with Crippen LogP contribution in [0.15, 0.2) is 12.3 Å². The summed E-state index contributed by atoms with van der Waals surface area (Å²) in [6, 6.07) is 0.982. The highest BCUT2D eigenvalue weighted by Gasteiger charge is 2.31. The molecule has 1 aromatic heterocycles. The molecule has 0 fully saturated rings. The summed E-state index contributed by atoms with van der Waals surface area (Å²) in [6.45, 7) is 0.116. The lowest BCUT2D eigenvalue weighted by Gasteiger charge is -2.09. The van der Waals surface area contributed by atoms with Crippen LogP contribution in [0.1, 0.15) is 5.56 Å². The van der Waals surface area contributed by atoms with Gasteiger partial charge in [-0.05, 0) is 0 Å². The molecule has 0 spiro atoms. The highest BCUT2D eigenvalue weighted by Crippen LogP contribution is 2.23. The number of hydrogen-bond donors (Lipinski definition) is 2. The summed E-state index contributed by atoms with van der Waals surface area (Å²) in [4.78, 5) is 3.39. The topological polar surface area (TPSA) is 74.2 Å². The van der Waals surface area contributed by atoms with E-state index in [4.69, 9.17) is 11.5 Å². The van der Waals surface area contributed by atoms with Gasteiger partial charge in [-0.25, -0.2) is 4.98 Å². The predicted octanol–water partition coefficient (Wildman–Crippen LogP) is 1.02. The number of alkyl halides is 3. The highest BCUT2D eigenvalue weighted by atomic mass is 19.4. The molecule has 1 rings (SSSR count). The molecule has 0 bridgehead atoms. The second-order valence-electron chi connectivity index (χ2n) is 2.47. The number of rotatable bonds is 2. The first kappa shape index (κ1) is 10.6. The molecular weight excluding hydrogens is 199 g/mol. The third kappa shape index (κ3) is 2.77. The van der Waals surface area contributed by atoms with Gasteiger partial charge in [0.1, 0.15) is 0 Å². The lowest BCUT2D eigenvalue weighted by Crippen LogP contribution is -2.18. The van der Waals surface area contributed by atoms with E-state index in [1.165, 1.54) is 0 Å². The van der Waals surface area contributed by atoms with Crippen molar-refractivity contribution >= 4 is 5.69 Å². The number of anilines is 1. The zero-order chi connectivity index (χ0) is 10.8. The Hall–Kier alpha value is -1.50. The van der Waals surface area contributed by atoms with Crippen molar-refractivity contribution in [3.05, 3.63) is 17.8 Å². The molecule has 0 atom stereocenters. The van der Waals surface area contributed by atoms with Gasteiger partial charge in [-0.15, -0.1) is 13.2 Å². The fourth-order valence-corrected chi connectivity index (χ4v) is 0.824. The smallest absolute Gasteiger partial charge is 0.398 e. The lowest BCUT2D eigenvalue weighted by molar-refractivity contribution is -0.276. The monoisotopic (exact) mass is 207 g/mol. The number of nitrogen functional groups attached to an aromatic ring is 1. The van der Waals surface area contributed by atoms with Crippen LogP contribution in [0.25, 0.3) is 0 Å². The highest BCUT2D eigenvalue weighted by molar-refractivity contribution is 5.47. The average molecular weight is 207 g/mol. The summed E-state index contributed by atoms with van der Waals surface area (Å²) < 4.78 is 38.7. The van der Waals surface area contributed by atoms with Gasteiger partial charge in [-0.2, -0.15) is 0 Å². The Labute approximate surface area is 77.7 Å². The molecule has 14 heavy (non-hydrogen) atoms. The summed E-state index contributed by atoms with van der Waals surface area (Å²) in [5, 5.41) is 0. The van der Waals surface area contributed by atoms with Crippen LogP contribution in [0, 0.1) is 0 Å². The van der Waals surface area contributed by atoms with Gasteiger partial charge in [-0.1, -0.05) is 0 Å². The van der Waals surface area contributed by atoms with Crippen molar-refractivity contribution in [3.8, 4) is 5.88 Å². The van der Waals surface area contributed by atoms with Crippen LogP contribution in [-0.2, 0) is 6.54 Å². The molecule has 0 saturated heterocycles. The molecule has 0 unspecified atom stereocenters. The Morgan fingerprint density at radius 2 is 2.07 bits per heavy atom. The lowest BCUT2D eigenvalue weighted by atomic mass is 10.2. The maximum atomic E-state index is 11.7. The van der Waals surface area contributed by atoms with Crippen molar-refractivity contribution < 1.29 is 17.9 Å². The SMILES string of the molecule is NCc1cnc(OC(F)(F)F)cc1N. The van der Waals surface area contributed by atoms with E-state index in [0.29, 0.717) is 5.56 Å². The number of nitrogens with two attached hydrogens (primary N) is 2. The van der Waals surface area contributed by atoms with Crippen LogP contribution in [0.4, 0.5) is 18.9 Å². The molecule has 0 aliphatic rings. The Bertz CT molecular complexity index is 326. The molecule has 4 N–H and O–H groups in total. The Morgan fingerprint density at radius 3 is 2.50 bits per heavy atom. The molecule has 0 aliphatic carbocycles. The first-order chi connectivity index (χ1) is 6.42. The van der Waals surface area contributed by atoms with E-state index < -0.39 is 12.2 Å². The van der Waals surface area contributed by atoms with Crippen LogP contribution in [0.2, 0.25) is 0 Å². The number of halogens is 3. The van der Waals surface area contributed by atoms with E-state index in [-0.39, 0.29) is 12.2 Å². The van der Waals surface area contributed by atoms with Crippen molar-refractivity contribution in [1.82, 2.24) is 4.98 Å². The van der Waals surface area contributed by atoms with Crippen molar-refractivity contribution in [2.75, 3.05) is 5.73 Å². The third-order valence-corrected chi connectivity index (χ3v) is 1.44. The zero-order valence-corrected chi connectivity index (χ0v) is 7.01. The van der Waals surface area contributed by atoms with Crippen LogP contribution in [-0.4, -0.2) is 11.3 Å². The van der Waals surface area contributed by atoms with Gasteiger partial charge in [0.25, 0.3) is 0 Å². The molecular formula is C7H8F3N3O. The summed E-state index contributed by atoms with van der Waals surface area (Å²) >= 11 is 0. The second kappa shape index (κ2) is 3.70. The first-order valence-corrected chi connectivity index (χ1v) is 3.62. The summed E-state index contributed by atoms with van der Waals surface area (Å²) in [5.41, 5.74) is 11.2. The first-order valence-electron chi connectivity index (χ1n) is 3.62. The van der Waals surface area contributed by atoms with E-state index >= 15 is 0 Å². The van der Waals surface area contributed by atoms with Crippen molar-refractivity contribution in [2.24, 2.45) is 5.73 Å². The fraction of sp³-hybridized carbons (Fsp3) is 0.286.